The number of rotatable bonds is 6. The summed E-state index contributed by atoms with van der Waals surface area (Å²) in [7, 11) is 0. The van der Waals surface area contributed by atoms with Gasteiger partial charge in [-0.25, -0.2) is 0 Å². The van der Waals surface area contributed by atoms with Gasteiger partial charge >= 0.3 is 0 Å². The van der Waals surface area contributed by atoms with Crippen LogP contribution in [0.3, 0.4) is 0 Å². The molecular formula is C24H52N2. The maximum absolute atomic E-state index is 2.70. The highest BCUT2D eigenvalue weighted by Crippen LogP contribution is 2.25. The average Bonchev–Trinajstić information content (AvgIpc) is 2.95. The van der Waals surface area contributed by atoms with Gasteiger partial charge in [-0.15, -0.1) is 0 Å². The third-order valence-electron chi connectivity index (χ3n) is 5.91. The summed E-state index contributed by atoms with van der Waals surface area (Å²) in [4.78, 5) is 5.36. The predicted octanol–water partition coefficient (Wildman–Crippen LogP) is 6.84. The molecule has 2 atom stereocenters. The third kappa shape index (κ3) is 9.22. The summed E-state index contributed by atoms with van der Waals surface area (Å²) in [6.45, 7) is 21.3. The largest absolute Gasteiger partial charge is 0.298 e. The Hall–Kier alpha value is -0.0800. The van der Waals surface area contributed by atoms with Crippen LogP contribution >= 0.6 is 0 Å². The van der Waals surface area contributed by atoms with Crippen molar-refractivity contribution >= 4 is 0 Å². The highest BCUT2D eigenvalue weighted by atomic mass is 15.2. The fraction of sp³-hybridized carbons (Fsp3) is 1.00. The van der Waals surface area contributed by atoms with Crippen molar-refractivity contribution in [3.8, 4) is 0 Å². The van der Waals surface area contributed by atoms with Gasteiger partial charge in [0.15, 0.2) is 0 Å². The summed E-state index contributed by atoms with van der Waals surface area (Å²) in [6, 6.07) is 3.24. The van der Waals surface area contributed by atoms with Gasteiger partial charge in [-0.3, -0.25) is 9.80 Å². The summed E-state index contributed by atoms with van der Waals surface area (Å²) < 4.78 is 0. The minimum Gasteiger partial charge on any atom is -0.298 e. The molecule has 0 aliphatic carbocycles. The van der Waals surface area contributed by atoms with E-state index in [4.69, 9.17) is 0 Å². The van der Waals surface area contributed by atoms with E-state index >= 15 is 0 Å². The van der Waals surface area contributed by atoms with E-state index in [0.717, 1.165) is 36.0 Å². The lowest BCUT2D eigenvalue weighted by Crippen LogP contribution is -2.44. The molecule has 0 aromatic rings. The van der Waals surface area contributed by atoms with Crippen LogP contribution in [0.4, 0.5) is 0 Å². The van der Waals surface area contributed by atoms with E-state index in [2.05, 4.69) is 65.2 Å². The number of nitrogens with zero attached hydrogens (tertiary/aromatic N) is 2. The lowest BCUT2D eigenvalue weighted by molar-refractivity contribution is 0.0965. The molecule has 2 unspecified atom stereocenters. The van der Waals surface area contributed by atoms with Crippen LogP contribution in [0, 0.1) is 11.8 Å². The van der Waals surface area contributed by atoms with Crippen molar-refractivity contribution in [1.82, 2.24) is 9.80 Å². The van der Waals surface area contributed by atoms with Crippen LogP contribution in [-0.2, 0) is 0 Å². The van der Waals surface area contributed by atoms with Gasteiger partial charge in [0, 0.05) is 24.2 Å². The molecule has 2 saturated heterocycles. The first-order valence-electron chi connectivity index (χ1n) is 11.2. The van der Waals surface area contributed by atoms with E-state index in [9.17, 15) is 0 Å². The lowest BCUT2D eigenvalue weighted by atomic mass is 9.93. The molecule has 0 amide bonds. The summed E-state index contributed by atoms with van der Waals surface area (Å²) in [5, 5.41) is 0. The molecule has 158 valence electrons. The molecule has 2 fully saturated rings. The molecule has 0 bridgehead atoms. The van der Waals surface area contributed by atoms with E-state index in [1.165, 1.54) is 58.0 Å². The second-order valence-electron chi connectivity index (χ2n) is 9.87. The van der Waals surface area contributed by atoms with Gasteiger partial charge in [0.05, 0.1) is 0 Å². The standard InChI is InChI=1S/C12H25N.C11H23N.CH4/c1-10(2)9-12-7-5-6-8-13(12)11(3)4;1-9(2)8-11-6-5-7-12(11)10(3)4;/h10-12H,5-9H2,1-4H3;9-11H,5-8H2,1-4H3;1H4. The fourth-order valence-corrected chi connectivity index (χ4v) is 4.84. The Kier molecular flexibility index (Phi) is 13.1. The van der Waals surface area contributed by atoms with Crippen LogP contribution < -0.4 is 0 Å². The van der Waals surface area contributed by atoms with Crippen LogP contribution in [0.5, 0.6) is 0 Å². The van der Waals surface area contributed by atoms with E-state index in [-0.39, 0.29) is 7.43 Å². The lowest BCUT2D eigenvalue weighted by Gasteiger charge is -2.39. The summed E-state index contributed by atoms with van der Waals surface area (Å²) >= 11 is 0. The second kappa shape index (κ2) is 13.2. The number of likely N-dealkylation sites (tertiary alicyclic amines) is 2. The molecule has 2 heteroatoms. The maximum Gasteiger partial charge on any atom is 0.0101 e. The zero-order chi connectivity index (χ0) is 19.0. The Morgan fingerprint density at radius 3 is 1.38 bits per heavy atom. The molecular weight excluding hydrogens is 316 g/mol. The van der Waals surface area contributed by atoms with Gasteiger partial charge in [0.2, 0.25) is 0 Å². The highest BCUT2D eigenvalue weighted by molar-refractivity contribution is 4.82. The van der Waals surface area contributed by atoms with Crippen molar-refractivity contribution in [3.63, 3.8) is 0 Å². The maximum atomic E-state index is 2.70. The highest BCUT2D eigenvalue weighted by Gasteiger charge is 2.26. The molecule has 26 heavy (non-hydrogen) atoms. The van der Waals surface area contributed by atoms with Crippen LogP contribution in [-0.4, -0.2) is 47.1 Å². The number of hydrogen-bond acceptors (Lipinski definition) is 2. The molecule has 2 heterocycles. The van der Waals surface area contributed by atoms with Crippen molar-refractivity contribution in [1.29, 1.82) is 0 Å². The topological polar surface area (TPSA) is 6.48 Å². The minimum atomic E-state index is 0. The number of piperidine rings is 1. The van der Waals surface area contributed by atoms with Gasteiger partial charge in [0.1, 0.15) is 0 Å². The normalized spacial score (nSPS) is 24.9. The Morgan fingerprint density at radius 1 is 0.615 bits per heavy atom. The summed E-state index contributed by atoms with van der Waals surface area (Å²) in [6.07, 6.45) is 9.89. The van der Waals surface area contributed by atoms with Crippen LogP contribution in [0.15, 0.2) is 0 Å². The molecule has 0 radical (unpaired) electrons. The molecule has 2 rings (SSSR count). The van der Waals surface area contributed by atoms with Crippen molar-refractivity contribution in [2.24, 2.45) is 11.8 Å². The molecule has 2 aliphatic heterocycles. The summed E-state index contributed by atoms with van der Waals surface area (Å²) in [5.41, 5.74) is 0. The first kappa shape index (κ1) is 25.9. The van der Waals surface area contributed by atoms with Crippen LogP contribution in [0.25, 0.3) is 0 Å². The molecule has 2 nitrogen and oxygen atoms in total. The van der Waals surface area contributed by atoms with Gasteiger partial charge in [0.25, 0.3) is 0 Å². The van der Waals surface area contributed by atoms with Gasteiger partial charge in [-0.05, 0) is 91.1 Å². The van der Waals surface area contributed by atoms with Gasteiger partial charge in [-0.1, -0.05) is 41.5 Å². The van der Waals surface area contributed by atoms with E-state index < -0.39 is 0 Å². The Balaban J connectivity index is 0.000000464. The van der Waals surface area contributed by atoms with Crippen LogP contribution in [0.1, 0.15) is 108 Å². The average molecular weight is 369 g/mol. The quantitative estimate of drug-likeness (QED) is 0.506. The molecule has 0 N–H and O–H groups in total. The van der Waals surface area contributed by atoms with Crippen molar-refractivity contribution < 1.29 is 0 Å². The third-order valence-corrected chi connectivity index (χ3v) is 5.91. The van der Waals surface area contributed by atoms with E-state index in [0.29, 0.717) is 0 Å². The second-order valence-corrected chi connectivity index (χ2v) is 9.87. The predicted molar refractivity (Wildman–Crippen MR) is 120 cm³/mol. The fourth-order valence-electron chi connectivity index (χ4n) is 4.84. The molecule has 0 aromatic carbocycles. The van der Waals surface area contributed by atoms with Crippen molar-refractivity contribution in [3.05, 3.63) is 0 Å². The smallest absolute Gasteiger partial charge is 0.0101 e. The van der Waals surface area contributed by atoms with Gasteiger partial charge < -0.3 is 0 Å². The first-order valence-corrected chi connectivity index (χ1v) is 11.2. The SMILES string of the molecule is C.CC(C)CC1CCCCN1C(C)C.CC(C)CC1CCCN1C(C)C. The van der Waals surface area contributed by atoms with Gasteiger partial charge in [-0.2, -0.15) is 0 Å². The van der Waals surface area contributed by atoms with E-state index in [1.807, 2.05) is 0 Å². The molecule has 0 saturated carbocycles. The zero-order valence-corrected chi connectivity index (χ0v) is 18.7. The van der Waals surface area contributed by atoms with E-state index in [1.54, 1.807) is 0 Å². The Morgan fingerprint density at radius 2 is 1.00 bits per heavy atom. The molecule has 0 spiro atoms. The zero-order valence-electron chi connectivity index (χ0n) is 18.7. The summed E-state index contributed by atoms with van der Waals surface area (Å²) in [5.74, 6) is 1.71. The number of hydrogen-bond donors (Lipinski definition) is 0. The monoisotopic (exact) mass is 368 g/mol. The van der Waals surface area contributed by atoms with Crippen molar-refractivity contribution in [2.45, 2.75) is 132 Å². The Labute approximate surface area is 167 Å². The minimum absolute atomic E-state index is 0. The van der Waals surface area contributed by atoms with Crippen molar-refractivity contribution in [2.75, 3.05) is 13.1 Å². The molecule has 2 aliphatic rings. The first-order chi connectivity index (χ1) is 11.7. The molecule has 0 aromatic heterocycles. The van der Waals surface area contributed by atoms with Crippen LogP contribution in [0.2, 0.25) is 0 Å². The Bertz CT molecular complexity index is 335.